The van der Waals surface area contributed by atoms with Gasteiger partial charge < -0.3 is 0 Å². The number of thioether (sulfide) groups is 1. The van der Waals surface area contributed by atoms with E-state index < -0.39 is 0 Å². The van der Waals surface area contributed by atoms with Gasteiger partial charge in [0.2, 0.25) is 0 Å². The highest BCUT2D eigenvalue weighted by Gasteiger charge is 2.40. The van der Waals surface area contributed by atoms with Crippen LogP contribution in [0.15, 0.2) is 18.2 Å². The number of hydrogen-bond donors (Lipinski definition) is 1. The van der Waals surface area contributed by atoms with E-state index >= 15 is 0 Å². The van der Waals surface area contributed by atoms with E-state index in [-0.39, 0.29) is 10.7 Å². The Labute approximate surface area is 93.4 Å². The van der Waals surface area contributed by atoms with Gasteiger partial charge in [0.1, 0.15) is 5.82 Å². The van der Waals surface area contributed by atoms with Crippen molar-refractivity contribution in [3.8, 4) is 0 Å². The predicted molar refractivity (Wildman–Crippen MR) is 61.5 cm³/mol. The Kier molecular flexibility index (Phi) is 2.25. The summed E-state index contributed by atoms with van der Waals surface area (Å²) in [6, 6.07) is 5.24. The molecule has 1 aliphatic heterocycles. The number of hydrogen-bond acceptors (Lipinski definition) is 2. The maximum Gasteiger partial charge on any atom is 0.123 e. The van der Waals surface area contributed by atoms with Gasteiger partial charge in [0, 0.05) is 0 Å². The van der Waals surface area contributed by atoms with Crippen LogP contribution in [0, 0.1) is 5.82 Å². The third-order valence-corrected chi connectivity index (χ3v) is 4.88. The van der Waals surface area contributed by atoms with Crippen molar-refractivity contribution in [2.75, 3.05) is 12.3 Å². The van der Waals surface area contributed by atoms with Crippen LogP contribution in [0.4, 0.5) is 4.39 Å². The Morgan fingerprint density at radius 3 is 3.13 bits per heavy atom. The Balaban J connectivity index is 2.03. The molecule has 0 saturated carbocycles. The highest BCUT2D eigenvalue weighted by Crippen LogP contribution is 2.46. The molecule has 1 aromatic carbocycles. The van der Waals surface area contributed by atoms with Gasteiger partial charge in [-0.3, -0.25) is 5.32 Å². The highest BCUT2D eigenvalue weighted by molar-refractivity contribution is 8.00. The summed E-state index contributed by atoms with van der Waals surface area (Å²) in [5.74, 6) is 1.11. The topological polar surface area (TPSA) is 12.0 Å². The van der Waals surface area contributed by atoms with E-state index in [1.54, 1.807) is 12.1 Å². The lowest BCUT2D eigenvalue weighted by Crippen LogP contribution is -2.41. The Morgan fingerprint density at radius 2 is 2.33 bits per heavy atom. The summed E-state index contributed by atoms with van der Waals surface area (Å²) in [6.07, 6.45) is 3.35. The van der Waals surface area contributed by atoms with E-state index in [9.17, 15) is 4.39 Å². The van der Waals surface area contributed by atoms with Gasteiger partial charge in [0.15, 0.2) is 0 Å². The van der Waals surface area contributed by atoms with Crippen LogP contribution in [-0.4, -0.2) is 12.3 Å². The average molecular weight is 223 g/mol. The zero-order chi connectivity index (χ0) is 10.3. The van der Waals surface area contributed by atoms with Crippen LogP contribution < -0.4 is 5.32 Å². The molecule has 3 rings (SSSR count). The number of halogens is 1. The van der Waals surface area contributed by atoms with E-state index in [2.05, 4.69) is 5.32 Å². The molecule has 1 heterocycles. The van der Waals surface area contributed by atoms with Crippen LogP contribution in [0.25, 0.3) is 0 Å². The predicted octanol–water partition coefficient (Wildman–Crippen LogP) is 2.65. The first-order valence-electron chi connectivity index (χ1n) is 5.48. The van der Waals surface area contributed by atoms with Crippen LogP contribution in [0.1, 0.15) is 24.0 Å². The molecule has 1 aromatic rings. The standard InChI is InChI=1S/C12H14FNS/c13-10-2-3-11-9(8-10)4-5-12(11)14-6-1-7-15-12/h2-3,8,14H,1,4-7H2. The van der Waals surface area contributed by atoms with Gasteiger partial charge in [-0.25, -0.2) is 4.39 Å². The molecule has 0 aromatic heterocycles. The fourth-order valence-electron chi connectivity index (χ4n) is 2.60. The van der Waals surface area contributed by atoms with Crippen molar-refractivity contribution >= 4 is 11.8 Å². The maximum atomic E-state index is 13.1. The normalized spacial score (nSPS) is 29.4. The lowest BCUT2D eigenvalue weighted by Gasteiger charge is -2.35. The van der Waals surface area contributed by atoms with Crippen LogP contribution in [-0.2, 0) is 11.3 Å². The zero-order valence-electron chi connectivity index (χ0n) is 8.55. The fraction of sp³-hybridized carbons (Fsp3) is 0.500. The van der Waals surface area contributed by atoms with Crippen molar-refractivity contribution < 1.29 is 4.39 Å². The molecule has 0 radical (unpaired) electrons. The van der Waals surface area contributed by atoms with Crippen molar-refractivity contribution in [1.82, 2.24) is 5.32 Å². The van der Waals surface area contributed by atoms with Crippen LogP contribution in [0.2, 0.25) is 0 Å². The summed E-state index contributed by atoms with van der Waals surface area (Å²) in [4.78, 5) is 0.0985. The van der Waals surface area contributed by atoms with Crippen LogP contribution >= 0.6 is 11.8 Å². The summed E-state index contributed by atoms with van der Waals surface area (Å²) in [5.41, 5.74) is 2.51. The lowest BCUT2D eigenvalue weighted by atomic mass is 10.1. The Morgan fingerprint density at radius 1 is 1.40 bits per heavy atom. The number of nitrogens with one attached hydrogen (secondary N) is 1. The first-order chi connectivity index (χ1) is 7.30. The first-order valence-corrected chi connectivity index (χ1v) is 6.47. The van der Waals surface area contributed by atoms with E-state index in [1.165, 1.54) is 23.3 Å². The van der Waals surface area contributed by atoms with Gasteiger partial charge >= 0.3 is 0 Å². The Bertz CT molecular complexity index is 385. The van der Waals surface area contributed by atoms with Gasteiger partial charge in [-0.1, -0.05) is 6.07 Å². The number of rotatable bonds is 0. The monoisotopic (exact) mass is 223 g/mol. The molecule has 1 N–H and O–H groups in total. The van der Waals surface area contributed by atoms with Crippen molar-refractivity contribution in [3.05, 3.63) is 35.1 Å². The molecule has 0 bridgehead atoms. The second-order valence-electron chi connectivity index (χ2n) is 4.26. The minimum Gasteiger partial charge on any atom is -0.299 e. The smallest absolute Gasteiger partial charge is 0.123 e. The minimum atomic E-state index is -0.105. The maximum absolute atomic E-state index is 13.1. The van der Waals surface area contributed by atoms with Crippen LogP contribution in [0.5, 0.6) is 0 Å². The average Bonchev–Trinajstić information content (AvgIpc) is 2.58. The number of fused-ring (bicyclic) bond motifs is 2. The van der Waals surface area contributed by atoms with Gasteiger partial charge in [-0.05, 0) is 54.8 Å². The summed E-state index contributed by atoms with van der Waals surface area (Å²) in [6.45, 7) is 1.09. The summed E-state index contributed by atoms with van der Waals surface area (Å²) in [5, 5.41) is 3.61. The van der Waals surface area contributed by atoms with E-state index in [4.69, 9.17) is 0 Å². The molecular formula is C12H14FNS. The van der Waals surface area contributed by atoms with E-state index in [0.29, 0.717) is 0 Å². The second-order valence-corrected chi connectivity index (χ2v) is 5.65. The first kappa shape index (κ1) is 9.67. The summed E-state index contributed by atoms with van der Waals surface area (Å²) >= 11 is 1.99. The minimum absolute atomic E-state index is 0.0985. The van der Waals surface area contributed by atoms with Crippen molar-refractivity contribution in [2.45, 2.75) is 24.1 Å². The molecule has 1 spiro atoms. The van der Waals surface area contributed by atoms with Crippen molar-refractivity contribution in [2.24, 2.45) is 0 Å². The lowest BCUT2D eigenvalue weighted by molar-refractivity contribution is 0.465. The summed E-state index contributed by atoms with van der Waals surface area (Å²) in [7, 11) is 0. The van der Waals surface area contributed by atoms with Gasteiger partial charge in [0.05, 0.1) is 4.87 Å². The molecule has 15 heavy (non-hydrogen) atoms. The summed E-state index contributed by atoms with van der Waals surface area (Å²) < 4.78 is 13.1. The molecule has 1 nitrogen and oxygen atoms in total. The molecule has 1 fully saturated rings. The van der Waals surface area contributed by atoms with Gasteiger partial charge in [-0.2, -0.15) is 0 Å². The number of benzene rings is 1. The van der Waals surface area contributed by atoms with E-state index in [0.717, 1.165) is 19.4 Å². The molecule has 1 atom stereocenters. The third-order valence-electron chi connectivity index (χ3n) is 3.33. The molecule has 0 amide bonds. The zero-order valence-corrected chi connectivity index (χ0v) is 9.37. The number of aryl methyl sites for hydroxylation is 1. The molecule has 2 aliphatic rings. The SMILES string of the molecule is Fc1ccc2c(c1)CCC21NCCCS1. The highest BCUT2D eigenvalue weighted by atomic mass is 32.2. The quantitative estimate of drug-likeness (QED) is 0.725. The second kappa shape index (κ2) is 3.49. The van der Waals surface area contributed by atoms with Gasteiger partial charge in [-0.15, -0.1) is 11.8 Å². The van der Waals surface area contributed by atoms with E-state index in [1.807, 2.05) is 17.8 Å². The Hall–Kier alpha value is -0.540. The van der Waals surface area contributed by atoms with Crippen LogP contribution in [0.3, 0.4) is 0 Å². The fourth-order valence-corrected chi connectivity index (χ4v) is 4.04. The molecule has 3 heteroatoms. The third kappa shape index (κ3) is 1.49. The van der Waals surface area contributed by atoms with Crippen molar-refractivity contribution in [3.63, 3.8) is 0 Å². The van der Waals surface area contributed by atoms with Gasteiger partial charge in [0.25, 0.3) is 0 Å². The molecule has 1 aliphatic carbocycles. The molecular weight excluding hydrogens is 209 g/mol. The largest absolute Gasteiger partial charge is 0.299 e. The molecule has 80 valence electrons. The molecule has 1 unspecified atom stereocenters. The van der Waals surface area contributed by atoms with Crippen molar-refractivity contribution in [1.29, 1.82) is 0 Å². The molecule has 1 saturated heterocycles.